The van der Waals surface area contributed by atoms with E-state index in [9.17, 15) is 9.59 Å². The molecule has 2 N–H and O–H groups in total. The van der Waals surface area contributed by atoms with Crippen molar-refractivity contribution < 1.29 is 19.1 Å². The first-order valence-electron chi connectivity index (χ1n) is 7.35. The molecule has 22 heavy (non-hydrogen) atoms. The van der Waals surface area contributed by atoms with Gasteiger partial charge in [0.15, 0.2) is 11.5 Å². The molecule has 6 heteroatoms. The first-order chi connectivity index (χ1) is 10.4. The average Bonchev–Trinajstić information content (AvgIpc) is 2.45. The summed E-state index contributed by atoms with van der Waals surface area (Å²) in [6, 6.07) is 6.97. The summed E-state index contributed by atoms with van der Waals surface area (Å²) in [7, 11) is 0. The van der Waals surface area contributed by atoms with Gasteiger partial charge in [-0.1, -0.05) is 39.8 Å². The summed E-state index contributed by atoms with van der Waals surface area (Å²) in [5.74, 6) is -0.401. The highest BCUT2D eigenvalue weighted by Crippen LogP contribution is 2.26. The lowest BCUT2D eigenvalue weighted by atomic mass is 10.3. The van der Waals surface area contributed by atoms with E-state index in [1.165, 1.54) is 0 Å². The van der Waals surface area contributed by atoms with Gasteiger partial charge >= 0.3 is 11.9 Å². The molecule has 0 bridgehead atoms. The standard InChI is InChI=1S/C16H24N2O4/c1-11(2)17-9-15(19)21-13-7-5-6-8-14(13)22-16(20)10-18-12(3)4/h5-8,11-12,17-18H,9-10H2,1-4H3. The second kappa shape index (κ2) is 9.17. The third-order valence-electron chi connectivity index (χ3n) is 2.61. The highest BCUT2D eigenvalue weighted by molar-refractivity contribution is 5.78. The van der Waals surface area contributed by atoms with Crippen molar-refractivity contribution in [3.8, 4) is 11.5 Å². The Bertz CT molecular complexity index is 456. The van der Waals surface area contributed by atoms with Crippen LogP contribution in [0, 0.1) is 0 Å². The third kappa shape index (κ3) is 7.19. The zero-order valence-electron chi connectivity index (χ0n) is 13.5. The maximum Gasteiger partial charge on any atom is 0.325 e. The van der Waals surface area contributed by atoms with Crippen molar-refractivity contribution in [3.63, 3.8) is 0 Å². The van der Waals surface area contributed by atoms with E-state index < -0.39 is 11.9 Å². The topological polar surface area (TPSA) is 76.7 Å². The molecule has 1 aromatic rings. The molecule has 0 radical (unpaired) electrons. The molecule has 1 aromatic carbocycles. The zero-order valence-corrected chi connectivity index (χ0v) is 13.5. The lowest BCUT2D eigenvalue weighted by molar-refractivity contribution is -0.136. The zero-order chi connectivity index (χ0) is 16.5. The van der Waals surface area contributed by atoms with Crippen molar-refractivity contribution >= 4 is 11.9 Å². The Balaban J connectivity index is 2.61. The van der Waals surface area contributed by atoms with Gasteiger partial charge in [0.25, 0.3) is 0 Å². The van der Waals surface area contributed by atoms with Gasteiger partial charge in [0.1, 0.15) is 0 Å². The molecule has 0 aliphatic heterocycles. The lowest BCUT2D eigenvalue weighted by Crippen LogP contribution is -2.32. The minimum absolute atomic E-state index is 0.0921. The van der Waals surface area contributed by atoms with E-state index >= 15 is 0 Å². The number of nitrogens with one attached hydrogen (secondary N) is 2. The molecule has 0 spiro atoms. The number of ether oxygens (including phenoxy) is 2. The smallest absolute Gasteiger partial charge is 0.325 e. The van der Waals surface area contributed by atoms with Crippen LogP contribution in [0.4, 0.5) is 0 Å². The summed E-state index contributed by atoms with van der Waals surface area (Å²) in [5, 5.41) is 5.93. The molecule has 0 aromatic heterocycles. The number of esters is 2. The van der Waals surface area contributed by atoms with E-state index in [1.807, 2.05) is 27.7 Å². The van der Waals surface area contributed by atoms with Gasteiger partial charge in [-0.05, 0) is 12.1 Å². The molecule has 0 atom stereocenters. The molecule has 1 rings (SSSR count). The second-order valence-electron chi connectivity index (χ2n) is 5.47. The highest BCUT2D eigenvalue weighted by atomic mass is 16.6. The van der Waals surface area contributed by atoms with E-state index in [-0.39, 0.29) is 36.7 Å². The molecule has 0 heterocycles. The molecular formula is C16H24N2O4. The van der Waals surface area contributed by atoms with Crippen LogP contribution in [-0.4, -0.2) is 37.1 Å². The predicted molar refractivity (Wildman–Crippen MR) is 84.0 cm³/mol. The second-order valence-corrected chi connectivity index (χ2v) is 5.47. The van der Waals surface area contributed by atoms with Gasteiger partial charge in [-0.2, -0.15) is 0 Å². The van der Waals surface area contributed by atoms with E-state index in [2.05, 4.69) is 10.6 Å². The number of carbonyl (C=O) groups is 2. The summed E-state index contributed by atoms with van der Waals surface area (Å²) < 4.78 is 10.4. The molecule has 0 saturated heterocycles. The molecule has 122 valence electrons. The summed E-state index contributed by atoms with van der Waals surface area (Å²) in [6.07, 6.45) is 0. The molecule has 0 amide bonds. The van der Waals surface area contributed by atoms with Crippen LogP contribution in [0.15, 0.2) is 24.3 Å². The van der Waals surface area contributed by atoms with Crippen molar-refractivity contribution in [2.75, 3.05) is 13.1 Å². The normalized spacial score (nSPS) is 10.8. The van der Waals surface area contributed by atoms with Gasteiger partial charge < -0.3 is 20.1 Å². The van der Waals surface area contributed by atoms with Gasteiger partial charge in [-0.25, -0.2) is 0 Å². The first kappa shape index (κ1) is 18.1. The Morgan fingerprint density at radius 3 is 1.55 bits per heavy atom. The number of carbonyl (C=O) groups excluding carboxylic acids is 2. The SMILES string of the molecule is CC(C)NCC(=O)Oc1ccccc1OC(=O)CNC(C)C. The van der Waals surface area contributed by atoms with Crippen molar-refractivity contribution in [2.24, 2.45) is 0 Å². The maximum absolute atomic E-state index is 11.7. The number of hydrogen-bond acceptors (Lipinski definition) is 6. The molecule has 0 unspecified atom stereocenters. The van der Waals surface area contributed by atoms with Crippen LogP contribution in [0.25, 0.3) is 0 Å². The van der Waals surface area contributed by atoms with Gasteiger partial charge in [0, 0.05) is 12.1 Å². The maximum atomic E-state index is 11.7. The Labute approximate surface area is 131 Å². The first-order valence-corrected chi connectivity index (χ1v) is 7.35. The van der Waals surface area contributed by atoms with Crippen molar-refractivity contribution in [1.29, 1.82) is 0 Å². The van der Waals surface area contributed by atoms with Crippen LogP contribution in [0.5, 0.6) is 11.5 Å². The monoisotopic (exact) mass is 308 g/mol. The van der Waals surface area contributed by atoms with Crippen molar-refractivity contribution in [3.05, 3.63) is 24.3 Å². The quantitative estimate of drug-likeness (QED) is 0.560. The summed E-state index contributed by atoms with van der Waals surface area (Å²) in [5.41, 5.74) is 0. The van der Waals surface area contributed by atoms with Crippen molar-refractivity contribution in [2.45, 2.75) is 39.8 Å². The highest BCUT2D eigenvalue weighted by Gasteiger charge is 2.13. The van der Waals surface area contributed by atoms with Crippen LogP contribution in [-0.2, 0) is 9.59 Å². The number of benzene rings is 1. The fourth-order valence-corrected chi connectivity index (χ4v) is 1.51. The van der Waals surface area contributed by atoms with Gasteiger partial charge in [0.2, 0.25) is 0 Å². The Kier molecular flexibility index (Phi) is 7.56. The van der Waals surface area contributed by atoms with Crippen LogP contribution < -0.4 is 20.1 Å². The molecule has 0 aliphatic rings. The fraction of sp³-hybridized carbons (Fsp3) is 0.500. The Morgan fingerprint density at radius 1 is 0.864 bits per heavy atom. The number of rotatable bonds is 8. The van der Waals surface area contributed by atoms with Crippen LogP contribution >= 0.6 is 0 Å². The fourth-order valence-electron chi connectivity index (χ4n) is 1.51. The third-order valence-corrected chi connectivity index (χ3v) is 2.61. The predicted octanol–water partition coefficient (Wildman–Crippen LogP) is 1.49. The molecule has 0 saturated carbocycles. The van der Waals surface area contributed by atoms with E-state index in [1.54, 1.807) is 24.3 Å². The van der Waals surface area contributed by atoms with Crippen molar-refractivity contribution in [1.82, 2.24) is 10.6 Å². The van der Waals surface area contributed by atoms with Crippen LogP contribution in [0.1, 0.15) is 27.7 Å². The molecule has 0 fully saturated rings. The average molecular weight is 308 g/mol. The number of hydrogen-bond donors (Lipinski definition) is 2. The lowest BCUT2D eigenvalue weighted by Gasteiger charge is -2.12. The van der Waals surface area contributed by atoms with E-state index in [0.717, 1.165) is 0 Å². The van der Waals surface area contributed by atoms with Crippen LogP contribution in [0.3, 0.4) is 0 Å². The molecule has 6 nitrogen and oxygen atoms in total. The largest absolute Gasteiger partial charge is 0.422 e. The van der Waals surface area contributed by atoms with E-state index in [4.69, 9.17) is 9.47 Å². The molecular weight excluding hydrogens is 284 g/mol. The van der Waals surface area contributed by atoms with Crippen LogP contribution in [0.2, 0.25) is 0 Å². The summed E-state index contributed by atoms with van der Waals surface area (Å²) in [4.78, 5) is 23.5. The minimum atomic E-state index is -0.433. The molecule has 0 aliphatic carbocycles. The van der Waals surface area contributed by atoms with Gasteiger partial charge in [-0.15, -0.1) is 0 Å². The minimum Gasteiger partial charge on any atom is -0.422 e. The van der Waals surface area contributed by atoms with Gasteiger partial charge in [-0.3, -0.25) is 9.59 Å². The number of para-hydroxylation sites is 2. The van der Waals surface area contributed by atoms with E-state index in [0.29, 0.717) is 0 Å². The summed E-state index contributed by atoms with van der Waals surface area (Å²) in [6.45, 7) is 7.93. The Morgan fingerprint density at radius 2 is 1.23 bits per heavy atom. The Hall–Kier alpha value is -1.92. The van der Waals surface area contributed by atoms with Gasteiger partial charge in [0.05, 0.1) is 13.1 Å². The summed E-state index contributed by atoms with van der Waals surface area (Å²) >= 11 is 0.